The summed E-state index contributed by atoms with van der Waals surface area (Å²) in [5.41, 5.74) is -1.12. The zero-order valence-corrected chi connectivity index (χ0v) is 11.2. The number of halogens is 2. The topological polar surface area (TPSA) is 90.0 Å². The van der Waals surface area contributed by atoms with Crippen molar-refractivity contribution in [2.75, 3.05) is 26.2 Å². The van der Waals surface area contributed by atoms with Gasteiger partial charge in [-0.15, -0.1) is 0 Å². The number of nitrogens with one attached hydrogen (secondary N) is 1. The van der Waals surface area contributed by atoms with Gasteiger partial charge in [-0.05, 0) is 13.8 Å². The molecule has 1 aliphatic rings. The van der Waals surface area contributed by atoms with Crippen molar-refractivity contribution in [1.29, 1.82) is 0 Å². The molecule has 4 amide bonds. The molecule has 1 heterocycles. The van der Waals surface area contributed by atoms with Gasteiger partial charge in [0.2, 0.25) is 5.91 Å². The van der Waals surface area contributed by atoms with E-state index in [4.69, 9.17) is 5.11 Å². The Balaban J connectivity index is 2.73. The molecule has 1 saturated heterocycles. The molecule has 0 atom stereocenters. The molecule has 0 bridgehead atoms. The van der Waals surface area contributed by atoms with E-state index in [-0.39, 0.29) is 6.54 Å². The monoisotopic (exact) mass is 293 g/mol. The van der Waals surface area contributed by atoms with Gasteiger partial charge in [-0.1, -0.05) is 0 Å². The largest absolute Gasteiger partial charge is 0.395 e. The van der Waals surface area contributed by atoms with Crippen molar-refractivity contribution in [2.45, 2.75) is 25.8 Å². The fraction of sp³-hybridized carbons (Fsp3) is 0.727. The summed E-state index contributed by atoms with van der Waals surface area (Å²) >= 11 is 0. The summed E-state index contributed by atoms with van der Waals surface area (Å²) in [7, 11) is 0. The van der Waals surface area contributed by atoms with Crippen LogP contribution in [0, 0.1) is 0 Å². The van der Waals surface area contributed by atoms with Crippen molar-refractivity contribution in [2.24, 2.45) is 0 Å². The number of aliphatic hydroxyl groups is 1. The van der Waals surface area contributed by atoms with Crippen LogP contribution in [-0.2, 0) is 9.59 Å². The second kappa shape index (κ2) is 6.12. The van der Waals surface area contributed by atoms with Gasteiger partial charge in [-0.25, -0.2) is 13.6 Å². The Bertz CT molecular complexity index is 414. The lowest BCUT2D eigenvalue weighted by atomic mass is 10.1. The molecule has 9 heteroatoms. The molecule has 20 heavy (non-hydrogen) atoms. The van der Waals surface area contributed by atoms with Crippen LogP contribution in [0.2, 0.25) is 0 Å². The first-order valence-corrected chi connectivity index (χ1v) is 6.00. The molecule has 0 aliphatic carbocycles. The third-order valence-corrected chi connectivity index (χ3v) is 2.82. The highest BCUT2D eigenvalue weighted by Gasteiger charge is 2.45. The quantitative estimate of drug-likeness (QED) is 0.640. The number of amides is 4. The number of aliphatic hydroxyl groups excluding tert-OH is 1. The van der Waals surface area contributed by atoms with Crippen LogP contribution in [0.4, 0.5) is 13.6 Å². The highest BCUT2D eigenvalue weighted by atomic mass is 19.3. The van der Waals surface area contributed by atoms with Crippen molar-refractivity contribution in [3.8, 4) is 0 Å². The van der Waals surface area contributed by atoms with Gasteiger partial charge in [0.05, 0.1) is 13.2 Å². The maximum Gasteiger partial charge on any atom is 0.325 e. The molecule has 114 valence electrons. The molecule has 7 nitrogen and oxygen atoms in total. The SMILES string of the molecule is CC1(C)NC(=O)N(CC(=O)N(CCO)CC(F)F)C1=O. The van der Waals surface area contributed by atoms with Gasteiger partial charge in [0.15, 0.2) is 0 Å². The van der Waals surface area contributed by atoms with E-state index in [1.165, 1.54) is 13.8 Å². The predicted molar refractivity (Wildman–Crippen MR) is 64.0 cm³/mol. The summed E-state index contributed by atoms with van der Waals surface area (Å²) < 4.78 is 24.6. The van der Waals surface area contributed by atoms with Gasteiger partial charge in [0.1, 0.15) is 12.1 Å². The third kappa shape index (κ3) is 3.62. The van der Waals surface area contributed by atoms with Crippen LogP contribution in [0.3, 0.4) is 0 Å². The van der Waals surface area contributed by atoms with Crippen molar-refractivity contribution in [3.63, 3.8) is 0 Å². The average Bonchev–Trinajstić information content (AvgIpc) is 2.50. The van der Waals surface area contributed by atoms with Gasteiger partial charge in [0.25, 0.3) is 12.3 Å². The smallest absolute Gasteiger partial charge is 0.325 e. The predicted octanol–water partition coefficient (Wildman–Crippen LogP) is -0.597. The van der Waals surface area contributed by atoms with Crippen molar-refractivity contribution in [3.05, 3.63) is 0 Å². The second-order valence-electron chi connectivity index (χ2n) is 4.90. The molecule has 1 fully saturated rings. The van der Waals surface area contributed by atoms with Crippen LogP contribution < -0.4 is 5.32 Å². The number of urea groups is 1. The molecule has 1 rings (SSSR count). The summed E-state index contributed by atoms with van der Waals surface area (Å²) in [6.07, 6.45) is -2.76. The van der Waals surface area contributed by atoms with Crippen LogP contribution in [0.5, 0.6) is 0 Å². The molecule has 0 aromatic carbocycles. The van der Waals surface area contributed by atoms with E-state index < -0.39 is 49.5 Å². The Kier molecular flexibility index (Phi) is 4.98. The lowest BCUT2D eigenvalue weighted by molar-refractivity contribution is -0.139. The highest BCUT2D eigenvalue weighted by molar-refractivity contribution is 6.08. The Morgan fingerprint density at radius 1 is 1.45 bits per heavy atom. The molecular formula is C11H17F2N3O4. The van der Waals surface area contributed by atoms with E-state index in [1.807, 2.05) is 0 Å². The Labute approximate surface area is 114 Å². The fourth-order valence-electron chi connectivity index (χ4n) is 1.80. The minimum atomic E-state index is -2.76. The first-order chi connectivity index (χ1) is 9.19. The molecule has 0 aromatic heterocycles. The maximum absolute atomic E-state index is 12.3. The van der Waals surface area contributed by atoms with Crippen molar-refractivity contribution >= 4 is 17.8 Å². The third-order valence-electron chi connectivity index (χ3n) is 2.82. The Hall–Kier alpha value is -1.77. The van der Waals surface area contributed by atoms with Gasteiger partial charge in [-0.2, -0.15) is 0 Å². The summed E-state index contributed by atoms with van der Waals surface area (Å²) in [4.78, 5) is 36.6. The summed E-state index contributed by atoms with van der Waals surface area (Å²) in [5, 5.41) is 11.1. The number of rotatable bonds is 6. The average molecular weight is 293 g/mol. The Morgan fingerprint density at radius 3 is 2.45 bits per heavy atom. The zero-order valence-electron chi connectivity index (χ0n) is 11.2. The van der Waals surface area contributed by atoms with E-state index in [0.717, 1.165) is 4.90 Å². The molecule has 0 unspecified atom stereocenters. The van der Waals surface area contributed by atoms with Crippen LogP contribution >= 0.6 is 0 Å². The van der Waals surface area contributed by atoms with E-state index in [1.54, 1.807) is 0 Å². The fourth-order valence-corrected chi connectivity index (χ4v) is 1.80. The summed E-state index contributed by atoms with van der Waals surface area (Å²) in [5.74, 6) is -1.42. The molecule has 1 aliphatic heterocycles. The van der Waals surface area contributed by atoms with Gasteiger partial charge in [-0.3, -0.25) is 14.5 Å². The number of alkyl halides is 2. The number of nitrogens with zero attached hydrogens (tertiary/aromatic N) is 2. The van der Waals surface area contributed by atoms with E-state index in [2.05, 4.69) is 5.32 Å². The molecular weight excluding hydrogens is 276 g/mol. The normalized spacial score (nSPS) is 17.6. The van der Waals surface area contributed by atoms with Crippen molar-refractivity contribution < 1.29 is 28.3 Å². The first-order valence-electron chi connectivity index (χ1n) is 6.00. The maximum atomic E-state index is 12.3. The molecule has 2 N–H and O–H groups in total. The van der Waals surface area contributed by atoms with Crippen LogP contribution in [-0.4, -0.2) is 71.0 Å². The first kappa shape index (κ1) is 16.3. The van der Waals surface area contributed by atoms with E-state index in [9.17, 15) is 23.2 Å². The van der Waals surface area contributed by atoms with Gasteiger partial charge in [0, 0.05) is 6.54 Å². The van der Waals surface area contributed by atoms with Crippen LogP contribution in [0.1, 0.15) is 13.8 Å². The lowest BCUT2D eigenvalue weighted by Crippen LogP contribution is -2.46. The molecule has 0 saturated carbocycles. The van der Waals surface area contributed by atoms with Crippen LogP contribution in [0.15, 0.2) is 0 Å². The van der Waals surface area contributed by atoms with E-state index >= 15 is 0 Å². The van der Waals surface area contributed by atoms with Crippen LogP contribution in [0.25, 0.3) is 0 Å². The van der Waals surface area contributed by atoms with E-state index in [0.29, 0.717) is 4.90 Å². The lowest BCUT2D eigenvalue weighted by Gasteiger charge is -2.23. The molecule has 0 radical (unpaired) electrons. The number of imide groups is 1. The standard InChI is InChI=1S/C11H17F2N3O4/c1-11(2)9(19)16(10(20)14-11)6-8(18)15(3-4-17)5-7(12)13/h7,17H,3-6H2,1-2H3,(H,14,20). The minimum Gasteiger partial charge on any atom is -0.395 e. The summed E-state index contributed by atoms with van der Waals surface area (Å²) in [6.45, 7) is 0.707. The number of hydrogen-bond acceptors (Lipinski definition) is 4. The summed E-state index contributed by atoms with van der Waals surface area (Å²) in [6, 6.07) is -0.741. The van der Waals surface area contributed by atoms with Crippen molar-refractivity contribution in [1.82, 2.24) is 15.1 Å². The minimum absolute atomic E-state index is 0.282. The Morgan fingerprint density at radius 2 is 2.05 bits per heavy atom. The molecule has 0 spiro atoms. The second-order valence-corrected chi connectivity index (χ2v) is 4.90. The van der Waals surface area contributed by atoms with Gasteiger partial charge >= 0.3 is 6.03 Å². The zero-order chi connectivity index (χ0) is 15.5. The highest BCUT2D eigenvalue weighted by Crippen LogP contribution is 2.16. The number of hydrogen-bond donors (Lipinski definition) is 2. The van der Waals surface area contributed by atoms with Gasteiger partial charge < -0.3 is 15.3 Å². The number of carbonyl (C=O) groups is 3. The number of carbonyl (C=O) groups excluding carboxylic acids is 3. The molecule has 0 aromatic rings.